The molecule has 1 fully saturated rings. The van der Waals surface area contributed by atoms with Crippen molar-refractivity contribution in [3.8, 4) is 5.75 Å². The van der Waals surface area contributed by atoms with Crippen LogP contribution < -0.4 is 10.1 Å². The van der Waals surface area contributed by atoms with Crippen molar-refractivity contribution in [1.29, 1.82) is 0 Å². The molecule has 2 rings (SSSR count). The summed E-state index contributed by atoms with van der Waals surface area (Å²) in [6, 6.07) is 5.83. The Labute approximate surface area is 121 Å². The summed E-state index contributed by atoms with van der Waals surface area (Å²) in [5.74, 6) is -0.155. The van der Waals surface area contributed by atoms with Crippen LogP contribution in [0.3, 0.4) is 0 Å². The fourth-order valence-electron chi connectivity index (χ4n) is 2.25. The summed E-state index contributed by atoms with van der Waals surface area (Å²) in [4.78, 5) is 12.2. The van der Waals surface area contributed by atoms with Gasteiger partial charge in [-0.15, -0.1) is 8.78 Å². The number of hydrogen-bond acceptors (Lipinski definition) is 2. The maximum atomic E-state index is 12.6. The number of alkyl halides is 3. The Bertz CT molecular complexity index is 498. The third kappa shape index (κ3) is 3.82. The molecule has 110 valence electrons. The standard InChI is InChI=1S/C14H16ClF2NO2/c1-2-6-13(7-8-13)12(19)18-10-4-3-5-11(9-10)20-14(15,16)17/h3-5,9H,2,6-8H2,1H3,(H,18,19). The number of halogens is 3. The van der Waals surface area contributed by atoms with Crippen LogP contribution in [0.1, 0.15) is 32.6 Å². The minimum absolute atomic E-state index is 0.0610. The molecule has 1 amide bonds. The third-order valence-electron chi connectivity index (χ3n) is 3.39. The van der Waals surface area contributed by atoms with Crippen molar-refractivity contribution in [3.05, 3.63) is 24.3 Å². The Hall–Kier alpha value is -1.36. The second kappa shape index (κ2) is 5.56. The molecule has 6 heteroatoms. The van der Waals surface area contributed by atoms with Gasteiger partial charge in [0.15, 0.2) is 0 Å². The van der Waals surface area contributed by atoms with Gasteiger partial charge >= 0.3 is 5.57 Å². The van der Waals surface area contributed by atoms with Crippen LogP contribution in [0.4, 0.5) is 14.5 Å². The third-order valence-corrected chi connectivity index (χ3v) is 3.47. The highest BCUT2D eigenvalue weighted by molar-refractivity contribution is 6.20. The van der Waals surface area contributed by atoms with Gasteiger partial charge in [0.05, 0.1) is 0 Å². The summed E-state index contributed by atoms with van der Waals surface area (Å²) in [7, 11) is 0. The fourth-order valence-corrected chi connectivity index (χ4v) is 2.34. The summed E-state index contributed by atoms with van der Waals surface area (Å²) < 4.78 is 29.4. The number of benzene rings is 1. The Kier molecular flexibility index (Phi) is 4.18. The summed E-state index contributed by atoms with van der Waals surface area (Å²) in [6.07, 6.45) is 3.54. The first-order valence-corrected chi connectivity index (χ1v) is 6.90. The maximum absolute atomic E-state index is 12.6. The van der Waals surface area contributed by atoms with Crippen molar-refractivity contribution < 1.29 is 18.3 Å². The van der Waals surface area contributed by atoms with Crippen molar-refractivity contribution >= 4 is 23.2 Å². The molecule has 1 aliphatic rings. The van der Waals surface area contributed by atoms with E-state index in [1.807, 2.05) is 6.92 Å². The predicted molar refractivity (Wildman–Crippen MR) is 73.1 cm³/mol. The van der Waals surface area contributed by atoms with Gasteiger partial charge in [-0.2, -0.15) is 0 Å². The average Bonchev–Trinajstić information content (AvgIpc) is 3.08. The van der Waals surface area contributed by atoms with E-state index in [2.05, 4.69) is 10.1 Å². The van der Waals surface area contributed by atoms with Crippen LogP contribution in [-0.2, 0) is 4.79 Å². The number of amides is 1. The molecule has 1 N–H and O–H groups in total. The summed E-state index contributed by atoms with van der Waals surface area (Å²) in [6.45, 7) is 2.03. The zero-order chi connectivity index (χ0) is 14.8. The number of anilines is 1. The summed E-state index contributed by atoms with van der Waals surface area (Å²) in [5, 5.41) is 2.75. The molecule has 0 unspecified atom stereocenters. The molecule has 0 spiro atoms. The SMILES string of the molecule is CCCC1(C(=O)Nc2cccc(OC(F)(F)Cl)c2)CC1. The largest absolute Gasteiger partial charge is 0.487 e. The van der Waals surface area contributed by atoms with Crippen molar-refractivity contribution in [2.24, 2.45) is 5.41 Å². The Morgan fingerprint density at radius 2 is 2.20 bits per heavy atom. The van der Waals surface area contributed by atoms with Crippen LogP contribution in [0.5, 0.6) is 5.75 Å². The highest BCUT2D eigenvalue weighted by atomic mass is 35.5. The van der Waals surface area contributed by atoms with Gasteiger partial charge in [0.25, 0.3) is 0 Å². The normalized spacial score (nSPS) is 16.6. The molecule has 1 aromatic carbocycles. The maximum Gasteiger partial charge on any atom is 0.487 e. The Morgan fingerprint density at radius 3 is 2.75 bits per heavy atom. The summed E-state index contributed by atoms with van der Waals surface area (Å²) >= 11 is 4.71. The quantitative estimate of drug-likeness (QED) is 0.792. The molecule has 0 saturated heterocycles. The van der Waals surface area contributed by atoms with Crippen LogP contribution in [-0.4, -0.2) is 11.5 Å². The van der Waals surface area contributed by atoms with Gasteiger partial charge in [-0.25, -0.2) is 0 Å². The number of hydrogen-bond donors (Lipinski definition) is 1. The van der Waals surface area contributed by atoms with Gasteiger partial charge < -0.3 is 10.1 Å². The van der Waals surface area contributed by atoms with Crippen LogP contribution in [0.15, 0.2) is 24.3 Å². The van der Waals surface area contributed by atoms with Crippen LogP contribution >= 0.6 is 11.6 Å². The van der Waals surface area contributed by atoms with E-state index in [0.29, 0.717) is 5.69 Å². The molecular weight excluding hydrogens is 288 g/mol. The molecule has 0 bridgehead atoms. The lowest BCUT2D eigenvalue weighted by atomic mass is 9.99. The molecule has 0 aromatic heterocycles. The molecule has 0 heterocycles. The van der Waals surface area contributed by atoms with E-state index in [1.54, 1.807) is 6.07 Å². The van der Waals surface area contributed by atoms with E-state index in [9.17, 15) is 13.6 Å². The average molecular weight is 304 g/mol. The number of carbonyl (C=O) groups is 1. The first-order valence-electron chi connectivity index (χ1n) is 6.52. The molecule has 3 nitrogen and oxygen atoms in total. The van der Waals surface area contributed by atoms with Crippen molar-refractivity contribution in [2.75, 3.05) is 5.32 Å². The van der Waals surface area contributed by atoms with E-state index < -0.39 is 5.57 Å². The van der Waals surface area contributed by atoms with Crippen LogP contribution in [0.2, 0.25) is 0 Å². The van der Waals surface area contributed by atoms with E-state index in [1.165, 1.54) is 18.2 Å². The van der Waals surface area contributed by atoms with E-state index in [4.69, 9.17) is 11.6 Å². The monoisotopic (exact) mass is 303 g/mol. The van der Waals surface area contributed by atoms with Crippen molar-refractivity contribution in [3.63, 3.8) is 0 Å². The minimum Gasteiger partial charge on any atom is -0.420 e. The van der Waals surface area contributed by atoms with Crippen LogP contribution in [0.25, 0.3) is 0 Å². The van der Waals surface area contributed by atoms with Gasteiger partial charge in [-0.3, -0.25) is 4.79 Å². The lowest BCUT2D eigenvalue weighted by Gasteiger charge is -2.15. The Balaban J connectivity index is 2.03. The smallest absolute Gasteiger partial charge is 0.420 e. The molecule has 1 aliphatic carbocycles. The summed E-state index contributed by atoms with van der Waals surface area (Å²) in [5.41, 5.74) is -3.61. The van der Waals surface area contributed by atoms with Gasteiger partial charge in [-0.1, -0.05) is 19.4 Å². The highest BCUT2D eigenvalue weighted by Gasteiger charge is 2.48. The second-order valence-corrected chi connectivity index (χ2v) is 5.50. The molecule has 20 heavy (non-hydrogen) atoms. The van der Waals surface area contributed by atoms with Crippen LogP contribution in [0, 0.1) is 5.41 Å². The van der Waals surface area contributed by atoms with Gasteiger partial charge in [0, 0.05) is 28.8 Å². The topological polar surface area (TPSA) is 38.3 Å². The van der Waals surface area contributed by atoms with Crippen molar-refractivity contribution in [2.45, 2.75) is 38.2 Å². The van der Waals surface area contributed by atoms with Gasteiger partial charge in [0.1, 0.15) is 5.75 Å². The Morgan fingerprint density at radius 1 is 1.50 bits per heavy atom. The number of rotatable bonds is 6. The molecule has 0 radical (unpaired) electrons. The van der Waals surface area contributed by atoms with Gasteiger partial charge in [0.2, 0.25) is 5.91 Å². The zero-order valence-electron chi connectivity index (χ0n) is 11.1. The van der Waals surface area contributed by atoms with Crippen molar-refractivity contribution in [1.82, 2.24) is 0 Å². The number of ether oxygens (including phenoxy) is 1. The number of carbonyl (C=O) groups excluding carboxylic acids is 1. The fraction of sp³-hybridized carbons (Fsp3) is 0.500. The second-order valence-electron chi connectivity index (χ2n) is 5.06. The van der Waals surface area contributed by atoms with E-state index in [0.717, 1.165) is 25.7 Å². The first-order chi connectivity index (χ1) is 9.35. The molecule has 1 saturated carbocycles. The highest BCUT2D eigenvalue weighted by Crippen LogP contribution is 2.50. The zero-order valence-corrected chi connectivity index (χ0v) is 11.8. The van der Waals surface area contributed by atoms with E-state index >= 15 is 0 Å². The molecule has 0 atom stereocenters. The number of nitrogens with one attached hydrogen (secondary N) is 1. The lowest BCUT2D eigenvalue weighted by molar-refractivity contribution is -0.121. The molecule has 0 aliphatic heterocycles. The minimum atomic E-state index is -3.76. The lowest BCUT2D eigenvalue weighted by Crippen LogP contribution is -2.24. The first kappa shape index (κ1) is 15.0. The predicted octanol–water partition coefficient (Wildman–Crippen LogP) is 4.37. The molecule has 1 aromatic rings. The van der Waals surface area contributed by atoms with Gasteiger partial charge in [-0.05, 0) is 31.4 Å². The molecular formula is C14H16ClF2NO2. The van der Waals surface area contributed by atoms with E-state index in [-0.39, 0.29) is 17.1 Å².